The van der Waals surface area contributed by atoms with E-state index in [1.165, 1.54) is 12.3 Å². The van der Waals surface area contributed by atoms with E-state index in [0.29, 0.717) is 0 Å². The zero-order valence-electron chi connectivity index (χ0n) is 7.20. The van der Waals surface area contributed by atoms with Crippen LogP contribution in [0.5, 0.6) is 0 Å². The van der Waals surface area contributed by atoms with Crippen molar-refractivity contribution >= 4 is 0 Å². The Morgan fingerprint density at radius 2 is 1.33 bits per heavy atom. The van der Waals surface area contributed by atoms with Crippen LogP contribution in [-0.2, 0) is 32.7 Å². The number of rotatable bonds is 1. The molecule has 0 saturated carbocycles. The minimum absolute atomic E-state index is 0. The van der Waals surface area contributed by atoms with E-state index < -0.39 is 0 Å². The van der Waals surface area contributed by atoms with Gasteiger partial charge in [0.25, 0.3) is 0 Å². The van der Waals surface area contributed by atoms with Gasteiger partial charge in [-0.05, 0) is 0 Å². The standard InChI is InChI=1S/2C4H9.Y/c1-4(2)3;1-3-4-2;/h1-3H3;1,3-4H2,2H3;/q2*-1;+3. The molecule has 52 valence electrons. The van der Waals surface area contributed by atoms with Crippen molar-refractivity contribution in [2.45, 2.75) is 40.5 Å². The summed E-state index contributed by atoms with van der Waals surface area (Å²) >= 11 is 0. The van der Waals surface area contributed by atoms with Crippen LogP contribution in [0.2, 0.25) is 0 Å². The summed E-state index contributed by atoms with van der Waals surface area (Å²) in [5, 5.41) is 0. The van der Waals surface area contributed by atoms with Gasteiger partial charge >= 0.3 is 32.7 Å². The average Bonchev–Trinajstić information content (AvgIpc) is 1.65. The Morgan fingerprint density at radius 1 is 1.22 bits per heavy atom. The molecular formula is C8H18Y+. The summed E-state index contributed by atoms with van der Waals surface area (Å²) in [7, 11) is 0. The first-order valence-electron chi connectivity index (χ1n) is 3.21. The van der Waals surface area contributed by atoms with Gasteiger partial charge in [-0.3, -0.25) is 0 Å². The van der Waals surface area contributed by atoms with Gasteiger partial charge in [0.2, 0.25) is 0 Å². The van der Waals surface area contributed by atoms with E-state index in [4.69, 9.17) is 0 Å². The van der Waals surface area contributed by atoms with E-state index in [-0.39, 0.29) is 32.7 Å². The van der Waals surface area contributed by atoms with Gasteiger partial charge in [-0.2, -0.15) is 27.2 Å². The van der Waals surface area contributed by atoms with Crippen LogP contribution < -0.4 is 0 Å². The van der Waals surface area contributed by atoms with Gasteiger partial charge in [0.15, 0.2) is 0 Å². The summed E-state index contributed by atoms with van der Waals surface area (Å²) in [6, 6.07) is 0. The van der Waals surface area contributed by atoms with E-state index in [9.17, 15) is 0 Å². The van der Waals surface area contributed by atoms with Crippen LogP contribution in [0.15, 0.2) is 0 Å². The molecule has 0 spiro atoms. The van der Waals surface area contributed by atoms with Crippen molar-refractivity contribution < 1.29 is 32.7 Å². The average molecular weight is 203 g/mol. The first-order valence-corrected chi connectivity index (χ1v) is 3.21. The van der Waals surface area contributed by atoms with Crippen LogP contribution >= 0.6 is 0 Å². The second-order valence-corrected chi connectivity index (χ2v) is 2.35. The Hall–Kier alpha value is 1.10. The van der Waals surface area contributed by atoms with Gasteiger partial charge in [-0.1, -0.05) is 13.3 Å². The van der Waals surface area contributed by atoms with Crippen molar-refractivity contribution in [1.29, 1.82) is 0 Å². The summed E-state index contributed by atoms with van der Waals surface area (Å²) in [6.45, 7) is 12.0. The van der Waals surface area contributed by atoms with Gasteiger partial charge in [-0.25, -0.2) is 0 Å². The van der Waals surface area contributed by atoms with Crippen LogP contribution in [0.1, 0.15) is 40.5 Å². The molecule has 9 heavy (non-hydrogen) atoms. The second kappa shape index (κ2) is 16.0. The molecule has 0 unspecified atom stereocenters. The van der Waals surface area contributed by atoms with Crippen LogP contribution in [0.4, 0.5) is 0 Å². The Labute approximate surface area is 85.7 Å². The summed E-state index contributed by atoms with van der Waals surface area (Å²) in [5.74, 6) is 1.42. The van der Waals surface area contributed by atoms with Crippen molar-refractivity contribution in [1.82, 2.24) is 0 Å². The molecule has 0 fully saturated rings. The van der Waals surface area contributed by atoms with Crippen molar-refractivity contribution in [3.8, 4) is 0 Å². The molecule has 0 amide bonds. The maximum absolute atomic E-state index is 3.60. The quantitative estimate of drug-likeness (QED) is 0.574. The molecule has 0 aromatic heterocycles. The van der Waals surface area contributed by atoms with Gasteiger partial charge < -0.3 is 12.8 Å². The fourth-order valence-electron chi connectivity index (χ4n) is 0. The molecule has 0 N–H and O–H groups in total. The summed E-state index contributed by atoms with van der Waals surface area (Å²) in [6.07, 6.45) is 2.28. The Morgan fingerprint density at radius 3 is 1.33 bits per heavy atom. The largest absolute Gasteiger partial charge is 3.00 e. The molecule has 0 atom stereocenters. The topological polar surface area (TPSA) is 0 Å². The van der Waals surface area contributed by atoms with Crippen LogP contribution in [0.25, 0.3) is 0 Å². The molecule has 0 rings (SSSR count). The first-order chi connectivity index (χ1) is 3.65. The summed E-state index contributed by atoms with van der Waals surface area (Å²) in [4.78, 5) is 0. The number of unbranched alkanes of at least 4 members (excludes halogenated alkanes) is 1. The van der Waals surface area contributed by atoms with E-state index in [0.717, 1.165) is 6.42 Å². The first kappa shape index (κ1) is 16.6. The van der Waals surface area contributed by atoms with E-state index in [1.54, 1.807) is 0 Å². The van der Waals surface area contributed by atoms with Gasteiger partial charge in [0.1, 0.15) is 0 Å². The third-order valence-electron chi connectivity index (χ3n) is 0.354. The Kier molecular flexibility index (Phi) is 29.6. The normalized spacial score (nSPS) is 7.33. The molecule has 0 aromatic carbocycles. The molecule has 0 radical (unpaired) electrons. The van der Waals surface area contributed by atoms with Crippen molar-refractivity contribution in [3.05, 3.63) is 12.8 Å². The molecule has 0 aliphatic rings. The fraction of sp³-hybridized carbons (Fsp3) is 0.750. The molecule has 1 heteroatoms. The molecule has 0 aliphatic carbocycles. The molecular weight excluding hydrogens is 185 g/mol. The summed E-state index contributed by atoms with van der Waals surface area (Å²) in [5.41, 5.74) is 0. The van der Waals surface area contributed by atoms with Gasteiger partial charge in [0, 0.05) is 0 Å². The van der Waals surface area contributed by atoms with Crippen LogP contribution in [0.3, 0.4) is 0 Å². The van der Waals surface area contributed by atoms with Crippen molar-refractivity contribution in [3.63, 3.8) is 0 Å². The predicted molar refractivity (Wildman–Crippen MR) is 40.5 cm³/mol. The maximum atomic E-state index is 3.60. The molecule has 0 aliphatic heterocycles. The zero-order chi connectivity index (χ0) is 6.99. The molecule has 0 bridgehead atoms. The zero-order valence-corrected chi connectivity index (χ0v) is 10.0. The molecule has 0 aromatic rings. The molecule has 0 heterocycles. The Bertz CT molecular complexity index is 21.0. The molecule has 0 saturated heterocycles. The smallest absolute Gasteiger partial charge is 0.343 e. The van der Waals surface area contributed by atoms with Crippen molar-refractivity contribution in [2.24, 2.45) is 0 Å². The van der Waals surface area contributed by atoms with E-state index in [1.807, 2.05) is 0 Å². The SMILES string of the molecule is C[C-](C)C.[CH2-]CCC.[Y+3]. The third kappa shape index (κ3) is 104. The molecule has 0 nitrogen and oxygen atoms in total. The number of hydrogen-bond donors (Lipinski definition) is 0. The maximum Gasteiger partial charge on any atom is 3.00 e. The third-order valence-corrected chi connectivity index (χ3v) is 0.354. The van der Waals surface area contributed by atoms with Gasteiger partial charge in [-0.15, -0.1) is 0 Å². The van der Waals surface area contributed by atoms with Crippen molar-refractivity contribution in [2.75, 3.05) is 0 Å². The number of hydrogen-bond acceptors (Lipinski definition) is 0. The Balaban J connectivity index is -0.0000000720. The van der Waals surface area contributed by atoms with E-state index >= 15 is 0 Å². The van der Waals surface area contributed by atoms with Crippen LogP contribution in [0, 0.1) is 12.8 Å². The minimum Gasteiger partial charge on any atom is -0.343 e. The minimum atomic E-state index is 0. The monoisotopic (exact) mass is 203 g/mol. The second-order valence-electron chi connectivity index (χ2n) is 2.35. The fourth-order valence-corrected chi connectivity index (χ4v) is 0. The predicted octanol–water partition coefficient (Wildman–Crippen LogP) is 3.24. The van der Waals surface area contributed by atoms with Gasteiger partial charge in [0.05, 0.1) is 0 Å². The van der Waals surface area contributed by atoms with Crippen LogP contribution in [-0.4, -0.2) is 0 Å². The van der Waals surface area contributed by atoms with E-state index in [2.05, 4.69) is 34.6 Å². The summed E-state index contributed by atoms with van der Waals surface area (Å²) < 4.78 is 0.